The lowest BCUT2D eigenvalue weighted by molar-refractivity contribution is -0.136. The van der Waals surface area contributed by atoms with Crippen LogP contribution in [0.4, 0.5) is 5.69 Å². The van der Waals surface area contributed by atoms with Gasteiger partial charge in [-0.15, -0.1) is 0 Å². The first kappa shape index (κ1) is 12.2. The van der Waals surface area contributed by atoms with Crippen molar-refractivity contribution in [2.24, 2.45) is 0 Å². The second-order valence-corrected chi connectivity index (χ2v) is 3.84. The van der Waals surface area contributed by atoms with Crippen LogP contribution in [-0.2, 0) is 9.59 Å². The number of carboxylic acids is 1. The molecular weight excluding hydrogens is 206 g/mol. The van der Waals surface area contributed by atoms with Gasteiger partial charge in [0.15, 0.2) is 0 Å². The zero-order valence-electron chi connectivity index (χ0n) is 9.65. The highest BCUT2D eigenvalue weighted by Gasteiger charge is 2.15. The van der Waals surface area contributed by atoms with Gasteiger partial charge in [0.1, 0.15) is 6.54 Å². The first-order valence-electron chi connectivity index (χ1n) is 4.98. The zero-order chi connectivity index (χ0) is 12.3. The molecule has 1 aromatic rings. The number of carbonyl (C=O) groups is 2. The van der Waals surface area contributed by atoms with Crippen LogP contribution < -0.4 is 4.90 Å². The van der Waals surface area contributed by atoms with E-state index in [-0.39, 0.29) is 12.5 Å². The van der Waals surface area contributed by atoms with Crippen LogP contribution in [0.5, 0.6) is 0 Å². The highest BCUT2D eigenvalue weighted by atomic mass is 16.4. The van der Waals surface area contributed by atoms with Gasteiger partial charge in [-0.2, -0.15) is 0 Å². The lowest BCUT2D eigenvalue weighted by atomic mass is 10.1. The Kier molecular flexibility index (Phi) is 3.66. The lowest BCUT2D eigenvalue weighted by Gasteiger charge is -2.19. The van der Waals surface area contributed by atoms with E-state index >= 15 is 0 Å². The van der Waals surface area contributed by atoms with Crippen LogP contribution in [0.3, 0.4) is 0 Å². The van der Waals surface area contributed by atoms with Crippen LogP contribution in [0.2, 0.25) is 0 Å². The number of carboxylic acid groups (broad SMARTS) is 1. The molecule has 1 amide bonds. The Bertz CT molecular complexity index is 406. The van der Waals surface area contributed by atoms with E-state index in [1.165, 1.54) is 11.8 Å². The summed E-state index contributed by atoms with van der Waals surface area (Å²) in [6, 6.07) is 5.58. The Hall–Kier alpha value is -1.84. The summed E-state index contributed by atoms with van der Waals surface area (Å²) < 4.78 is 0. The van der Waals surface area contributed by atoms with Crippen molar-refractivity contribution in [2.75, 3.05) is 11.4 Å². The van der Waals surface area contributed by atoms with Gasteiger partial charge in [0.25, 0.3) is 0 Å². The highest BCUT2D eigenvalue weighted by molar-refractivity contribution is 5.96. The smallest absolute Gasteiger partial charge is 0.323 e. The van der Waals surface area contributed by atoms with Crippen LogP contribution in [0.25, 0.3) is 0 Å². The highest BCUT2D eigenvalue weighted by Crippen LogP contribution is 2.18. The molecule has 86 valence electrons. The monoisotopic (exact) mass is 221 g/mol. The SMILES string of the molecule is CC(=O)N(CC(=O)O)c1cc(C)cc(C)c1. The summed E-state index contributed by atoms with van der Waals surface area (Å²) in [4.78, 5) is 23.3. The molecule has 0 saturated heterocycles. The maximum absolute atomic E-state index is 11.4. The molecule has 4 nitrogen and oxygen atoms in total. The van der Waals surface area contributed by atoms with Gasteiger partial charge in [-0.05, 0) is 37.1 Å². The van der Waals surface area contributed by atoms with E-state index in [0.717, 1.165) is 11.1 Å². The Labute approximate surface area is 94.5 Å². The van der Waals surface area contributed by atoms with Crippen molar-refractivity contribution >= 4 is 17.6 Å². The lowest BCUT2D eigenvalue weighted by Crippen LogP contribution is -2.33. The van der Waals surface area contributed by atoms with Crippen LogP contribution in [0, 0.1) is 13.8 Å². The summed E-state index contributed by atoms with van der Waals surface area (Å²) in [6.45, 7) is 4.88. The largest absolute Gasteiger partial charge is 0.480 e. The number of hydrogen-bond acceptors (Lipinski definition) is 2. The molecule has 0 bridgehead atoms. The van der Waals surface area contributed by atoms with Gasteiger partial charge in [0, 0.05) is 12.6 Å². The molecule has 1 rings (SSSR count). The molecule has 0 aliphatic rings. The maximum atomic E-state index is 11.4. The number of rotatable bonds is 3. The third kappa shape index (κ3) is 3.08. The standard InChI is InChI=1S/C12H15NO3/c1-8-4-9(2)6-11(5-8)13(10(3)14)7-12(15)16/h4-6H,7H2,1-3H3,(H,15,16). The summed E-state index contributed by atoms with van der Waals surface area (Å²) >= 11 is 0. The number of aliphatic carboxylic acids is 1. The van der Waals surface area contributed by atoms with Crippen molar-refractivity contribution in [1.82, 2.24) is 0 Å². The van der Waals surface area contributed by atoms with Gasteiger partial charge >= 0.3 is 5.97 Å². The van der Waals surface area contributed by atoms with Gasteiger partial charge in [0.05, 0.1) is 0 Å². The van der Waals surface area contributed by atoms with Crippen molar-refractivity contribution in [1.29, 1.82) is 0 Å². The van der Waals surface area contributed by atoms with Gasteiger partial charge in [-0.3, -0.25) is 9.59 Å². The molecule has 1 aromatic carbocycles. The number of carbonyl (C=O) groups excluding carboxylic acids is 1. The molecule has 0 spiro atoms. The first-order valence-corrected chi connectivity index (χ1v) is 4.98. The topological polar surface area (TPSA) is 57.6 Å². The molecule has 0 aromatic heterocycles. The van der Waals surface area contributed by atoms with Gasteiger partial charge in [-0.1, -0.05) is 6.07 Å². The Morgan fingerprint density at radius 2 is 1.69 bits per heavy atom. The first-order chi connectivity index (χ1) is 7.40. The molecule has 0 heterocycles. The van der Waals surface area contributed by atoms with Crippen LogP contribution >= 0.6 is 0 Å². The normalized spacial score (nSPS) is 9.94. The van der Waals surface area contributed by atoms with E-state index < -0.39 is 5.97 Å². The van der Waals surface area contributed by atoms with E-state index in [2.05, 4.69) is 0 Å². The average Bonchev–Trinajstić information content (AvgIpc) is 2.11. The van der Waals surface area contributed by atoms with Crippen LogP contribution in [0.15, 0.2) is 18.2 Å². The second-order valence-electron chi connectivity index (χ2n) is 3.84. The molecule has 0 aliphatic carbocycles. The summed E-state index contributed by atoms with van der Waals surface area (Å²) in [7, 11) is 0. The van der Waals surface area contributed by atoms with Crippen molar-refractivity contribution < 1.29 is 14.7 Å². The molecule has 1 N–H and O–H groups in total. The maximum Gasteiger partial charge on any atom is 0.323 e. The van der Waals surface area contributed by atoms with Gasteiger partial charge in [0.2, 0.25) is 5.91 Å². The molecule has 0 atom stereocenters. The third-order valence-corrected chi connectivity index (χ3v) is 2.19. The van der Waals surface area contributed by atoms with Crippen molar-refractivity contribution in [3.8, 4) is 0 Å². The molecule has 0 unspecified atom stereocenters. The molecule has 16 heavy (non-hydrogen) atoms. The fraction of sp³-hybridized carbons (Fsp3) is 0.333. The number of amides is 1. The van der Waals surface area contributed by atoms with Crippen LogP contribution in [0.1, 0.15) is 18.1 Å². The number of anilines is 1. The molecule has 0 aliphatic heterocycles. The Balaban J connectivity index is 3.10. The third-order valence-electron chi connectivity index (χ3n) is 2.19. The minimum atomic E-state index is -1.02. The zero-order valence-corrected chi connectivity index (χ0v) is 9.65. The summed E-state index contributed by atoms with van der Waals surface area (Å²) in [6.07, 6.45) is 0. The van der Waals surface area contributed by atoms with Crippen molar-refractivity contribution in [3.63, 3.8) is 0 Å². The predicted molar refractivity (Wildman–Crippen MR) is 61.6 cm³/mol. The molecule has 4 heteroatoms. The number of hydrogen-bond donors (Lipinski definition) is 1. The number of benzene rings is 1. The van der Waals surface area contributed by atoms with E-state index in [0.29, 0.717) is 5.69 Å². The summed E-state index contributed by atoms with van der Waals surface area (Å²) in [5, 5.41) is 8.74. The van der Waals surface area contributed by atoms with E-state index in [4.69, 9.17) is 5.11 Å². The minimum Gasteiger partial charge on any atom is -0.480 e. The van der Waals surface area contributed by atoms with Crippen LogP contribution in [-0.4, -0.2) is 23.5 Å². The second kappa shape index (κ2) is 4.79. The molecular formula is C12H15NO3. The number of nitrogens with zero attached hydrogens (tertiary/aromatic N) is 1. The number of aryl methyl sites for hydroxylation is 2. The van der Waals surface area contributed by atoms with Crippen molar-refractivity contribution in [3.05, 3.63) is 29.3 Å². The molecule has 0 radical (unpaired) electrons. The predicted octanol–water partition coefficient (Wildman–Crippen LogP) is 1.74. The molecule has 0 saturated carbocycles. The quantitative estimate of drug-likeness (QED) is 0.845. The minimum absolute atomic E-state index is 0.271. The van der Waals surface area contributed by atoms with Crippen molar-refractivity contribution in [2.45, 2.75) is 20.8 Å². The molecule has 0 fully saturated rings. The van der Waals surface area contributed by atoms with E-state index in [1.54, 1.807) is 12.1 Å². The van der Waals surface area contributed by atoms with Gasteiger partial charge in [-0.25, -0.2) is 0 Å². The fourth-order valence-corrected chi connectivity index (χ4v) is 1.63. The Morgan fingerprint density at radius 1 is 1.19 bits per heavy atom. The average molecular weight is 221 g/mol. The summed E-state index contributed by atoms with van der Waals surface area (Å²) in [5.74, 6) is -1.29. The Morgan fingerprint density at radius 3 is 2.06 bits per heavy atom. The van der Waals surface area contributed by atoms with Gasteiger partial charge < -0.3 is 10.0 Å². The van der Waals surface area contributed by atoms with E-state index in [1.807, 2.05) is 19.9 Å². The van der Waals surface area contributed by atoms with E-state index in [9.17, 15) is 9.59 Å². The summed E-state index contributed by atoms with van der Waals surface area (Å²) in [5.41, 5.74) is 2.64. The fourth-order valence-electron chi connectivity index (χ4n) is 1.63.